The highest BCUT2D eigenvalue weighted by Gasteiger charge is 2.22. The molecule has 5 heteroatoms. The fourth-order valence-electron chi connectivity index (χ4n) is 3.17. The molecule has 1 aliphatic rings. The molecule has 2 aromatic rings. The first-order valence-electron chi connectivity index (χ1n) is 9.28. The molecule has 1 amide bonds. The molecular formula is C22H23NO4. The smallest absolute Gasteiger partial charge is 0.338 e. The minimum absolute atomic E-state index is 0.0576. The van der Waals surface area contributed by atoms with E-state index >= 15 is 0 Å². The number of ether oxygens (including phenoxy) is 1. The number of ketones is 1. The van der Waals surface area contributed by atoms with Crippen LogP contribution in [0.3, 0.4) is 0 Å². The van der Waals surface area contributed by atoms with Gasteiger partial charge in [0.05, 0.1) is 5.56 Å². The quantitative estimate of drug-likeness (QED) is 0.553. The zero-order chi connectivity index (χ0) is 19.2. The van der Waals surface area contributed by atoms with Crippen LogP contribution in [-0.4, -0.2) is 30.8 Å². The van der Waals surface area contributed by atoms with Crippen LogP contribution in [0, 0.1) is 0 Å². The Morgan fingerprint density at radius 1 is 1.07 bits per heavy atom. The zero-order valence-electron chi connectivity index (χ0n) is 15.4. The van der Waals surface area contributed by atoms with Crippen molar-refractivity contribution in [1.82, 2.24) is 0 Å². The van der Waals surface area contributed by atoms with E-state index in [9.17, 15) is 14.4 Å². The van der Waals surface area contributed by atoms with Crippen molar-refractivity contribution >= 4 is 23.3 Å². The van der Waals surface area contributed by atoms with E-state index in [1.54, 1.807) is 41.3 Å². The molecule has 1 heterocycles. The monoisotopic (exact) mass is 365 g/mol. The number of esters is 1. The van der Waals surface area contributed by atoms with Gasteiger partial charge >= 0.3 is 5.97 Å². The van der Waals surface area contributed by atoms with E-state index in [4.69, 9.17) is 4.74 Å². The molecule has 1 aliphatic heterocycles. The first-order chi connectivity index (χ1) is 13.1. The van der Waals surface area contributed by atoms with E-state index in [0.717, 1.165) is 19.3 Å². The van der Waals surface area contributed by atoms with Gasteiger partial charge in [-0.2, -0.15) is 0 Å². The Balaban J connectivity index is 1.60. The number of Topliss-reactive ketones (excluding diaryl/α,β-unsaturated/α-hetero) is 1. The number of amides is 1. The summed E-state index contributed by atoms with van der Waals surface area (Å²) in [7, 11) is 0. The summed E-state index contributed by atoms with van der Waals surface area (Å²) in [5.41, 5.74) is 2.72. The molecule has 0 unspecified atom stereocenters. The highest BCUT2D eigenvalue weighted by molar-refractivity contribution is 6.00. The average Bonchev–Trinajstić information content (AvgIpc) is 3.12. The summed E-state index contributed by atoms with van der Waals surface area (Å²) in [5, 5.41) is 0. The normalized spacial score (nSPS) is 13.7. The van der Waals surface area contributed by atoms with Gasteiger partial charge in [-0.25, -0.2) is 4.79 Å². The number of aryl methyl sites for hydroxylation is 1. The predicted molar refractivity (Wildman–Crippen MR) is 103 cm³/mol. The Hall–Kier alpha value is -2.95. The Labute approximate surface area is 158 Å². The Morgan fingerprint density at radius 2 is 1.85 bits per heavy atom. The van der Waals surface area contributed by atoms with Crippen molar-refractivity contribution in [3.05, 3.63) is 65.2 Å². The number of anilines is 1. The third kappa shape index (κ3) is 4.61. The maximum absolute atomic E-state index is 12.3. The van der Waals surface area contributed by atoms with Crippen LogP contribution in [0.4, 0.5) is 5.69 Å². The highest BCUT2D eigenvalue weighted by Crippen LogP contribution is 2.22. The first-order valence-corrected chi connectivity index (χ1v) is 9.28. The van der Waals surface area contributed by atoms with E-state index in [2.05, 4.69) is 6.92 Å². The molecule has 0 atom stereocenters. The summed E-state index contributed by atoms with van der Waals surface area (Å²) in [5.74, 6) is -0.751. The molecule has 2 aromatic carbocycles. The van der Waals surface area contributed by atoms with E-state index in [1.807, 2.05) is 12.1 Å². The van der Waals surface area contributed by atoms with E-state index in [1.165, 1.54) is 5.56 Å². The van der Waals surface area contributed by atoms with Gasteiger partial charge in [-0.1, -0.05) is 43.7 Å². The third-order valence-electron chi connectivity index (χ3n) is 4.62. The van der Waals surface area contributed by atoms with Crippen LogP contribution in [0.25, 0.3) is 0 Å². The average molecular weight is 365 g/mol. The van der Waals surface area contributed by atoms with E-state index < -0.39 is 5.97 Å². The van der Waals surface area contributed by atoms with Crippen molar-refractivity contribution in [2.45, 2.75) is 32.6 Å². The topological polar surface area (TPSA) is 63.7 Å². The zero-order valence-corrected chi connectivity index (χ0v) is 15.4. The number of nitrogens with zero attached hydrogens (tertiary/aromatic N) is 1. The van der Waals surface area contributed by atoms with Crippen LogP contribution in [0.2, 0.25) is 0 Å². The van der Waals surface area contributed by atoms with E-state index in [0.29, 0.717) is 29.8 Å². The molecule has 3 rings (SSSR count). The van der Waals surface area contributed by atoms with Crippen LogP contribution in [0.1, 0.15) is 52.5 Å². The summed E-state index contributed by atoms with van der Waals surface area (Å²) in [6.07, 6.45) is 3.37. The number of hydrogen-bond acceptors (Lipinski definition) is 4. The second-order valence-corrected chi connectivity index (χ2v) is 6.65. The molecule has 1 saturated heterocycles. The lowest BCUT2D eigenvalue weighted by Gasteiger charge is -2.16. The number of benzene rings is 2. The van der Waals surface area contributed by atoms with Crippen LogP contribution in [0.5, 0.6) is 0 Å². The number of rotatable bonds is 7. The summed E-state index contributed by atoms with van der Waals surface area (Å²) >= 11 is 0. The molecule has 27 heavy (non-hydrogen) atoms. The van der Waals surface area contributed by atoms with Crippen molar-refractivity contribution in [2.75, 3.05) is 18.1 Å². The molecule has 0 radical (unpaired) electrons. The van der Waals surface area contributed by atoms with Crippen LogP contribution >= 0.6 is 0 Å². The van der Waals surface area contributed by atoms with Gasteiger partial charge < -0.3 is 9.64 Å². The number of hydrogen-bond donors (Lipinski definition) is 0. The van der Waals surface area contributed by atoms with Crippen molar-refractivity contribution < 1.29 is 19.1 Å². The second kappa shape index (κ2) is 8.62. The largest absolute Gasteiger partial charge is 0.454 e. The summed E-state index contributed by atoms with van der Waals surface area (Å²) in [6.45, 7) is 2.45. The van der Waals surface area contributed by atoms with E-state index in [-0.39, 0.29) is 18.3 Å². The molecule has 0 spiro atoms. The Morgan fingerprint density at radius 3 is 2.52 bits per heavy atom. The van der Waals surface area contributed by atoms with Gasteiger partial charge in [0.2, 0.25) is 5.91 Å². The number of carbonyl (C=O) groups is 3. The lowest BCUT2D eigenvalue weighted by atomic mass is 10.1. The molecule has 1 fully saturated rings. The van der Waals surface area contributed by atoms with Gasteiger partial charge in [-0.15, -0.1) is 0 Å². The lowest BCUT2D eigenvalue weighted by molar-refractivity contribution is -0.117. The van der Waals surface area contributed by atoms with Gasteiger partial charge in [0.25, 0.3) is 0 Å². The SMILES string of the molecule is CCCc1ccc(C(=O)COC(=O)c2cccc(N3CCCC3=O)c2)cc1. The molecule has 5 nitrogen and oxygen atoms in total. The van der Waals surface area contributed by atoms with Crippen molar-refractivity contribution in [3.8, 4) is 0 Å². The fourth-order valence-corrected chi connectivity index (χ4v) is 3.17. The predicted octanol–water partition coefficient (Wildman–Crippen LogP) is 3.81. The van der Waals surface area contributed by atoms with Gasteiger partial charge in [-0.3, -0.25) is 9.59 Å². The van der Waals surface area contributed by atoms with Gasteiger partial charge in [-0.05, 0) is 36.6 Å². The minimum atomic E-state index is -0.570. The van der Waals surface area contributed by atoms with Gasteiger partial charge in [0.15, 0.2) is 12.4 Å². The molecule has 0 saturated carbocycles. The first kappa shape index (κ1) is 18.8. The third-order valence-corrected chi connectivity index (χ3v) is 4.62. The van der Waals surface area contributed by atoms with Crippen molar-refractivity contribution in [3.63, 3.8) is 0 Å². The van der Waals surface area contributed by atoms with Crippen molar-refractivity contribution in [2.24, 2.45) is 0 Å². The summed E-state index contributed by atoms with van der Waals surface area (Å²) in [4.78, 5) is 38.1. The molecular weight excluding hydrogens is 342 g/mol. The molecule has 140 valence electrons. The molecule has 0 N–H and O–H groups in total. The minimum Gasteiger partial charge on any atom is -0.454 e. The maximum Gasteiger partial charge on any atom is 0.338 e. The number of carbonyl (C=O) groups excluding carboxylic acids is 3. The molecule has 0 aliphatic carbocycles. The molecule has 0 bridgehead atoms. The lowest BCUT2D eigenvalue weighted by Crippen LogP contribution is -2.24. The van der Waals surface area contributed by atoms with Crippen LogP contribution in [-0.2, 0) is 16.0 Å². The highest BCUT2D eigenvalue weighted by atomic mass is 16.5. The molecule has 0 aromatic heterocycles. The van der Waals surface area contributed by atoms with Crippen LogP contribution in [0.15, 0.2) is 48.5 Å². The summed E-state index contributed by atoms with van der Waals surface area (Å²) in [6, 6.07) is 14.1. The summed E-state index contributed by atoms with van der Waals surface area (Å²) < 4.78 is 5.17. The van der Waals surface area contributed by atoms with Gasteiger partial charge in [0, 0.05) is 24.2 Å². The Kier molecular flexibility index (Phi) is 6.01. The Bertz CT molecular complexity index is 842. The standard InChI is InChI=1S/C22H23NO4/c1-2-5-16-9-11-17(12-10-16)20(24)15-27-22(26)18-6-3-7-19(14-18)23-13-4-8-21(23)25/h3,6-7,9-12,14H,2,4-5,8,13,15H2,1H3. The van der Waals surface area contributed by atoms with Crippen molar-refractivity contribution in [1.29, 1.82) is 0 Å². The maximum atomic E-state index is 12.3. The second-order valence-electron chi connectivity index (χ2n) is 6.65. The van der Waals surface area contributed by atoms with Gasteiger partial charge in [0.1, 0.15) is 0 Å². The fraction of sp³-hybridized carbons (Fsp3) is 0.318. The van der Waals surface area contributed by atoms with Crippen LogP contribution < -0.4 is 4.90 Å².